The molecule has 2 fully saturated rings. The monoisotopic (exact) mass is 423 g/mol. The van der Waals surface area contributed by atoms with Crippen LogP contribution < -0.4 is 10.6 Å². The van der Waals surface area contributed by atoms with E-state index in [4.69, 9.17) is 9.47 Å². The van der Waals surface area contributed by atoms with Crippen molar-refractivity contribution in [1.29, 1.82) is 0 Å². The highest BCUT2D eigenvalue weighted by molar-refractivity contribution is 5.94. The van der Waals surface area contributed by atoms with Crippen LogP contribution >= 0.6 is 0 Å². The van der Waals surface area contributed by atoms with Gasteiger partial charge in [0.1, 0.15) is 11.9 Å². The highest BCUT2D eigenvalue weighted by atomic mass is 19.1. The third-order valence-electron chi connectivity index (χ3n) is 5.49. The molecule has 1 aromatic rings. The first kappa shape index (κ1) is 22.6. The predicted molar refractivity (Wildman–Crippen MR) is 108 cm³/mol. The van der Waals surface area contributed by atoms with Gasteiger partial charge in [0.05, 0.1) is 44.1 Å². The van der Waals surface area contributed by atoms with Crippen LogP contribution in [0.2, 0.25) is 0 Å². The SMILES string of the molecule is O=C(CN1CCOCC1)NCC[C@@H]1CC[C@H](NC(=O)c2ccccc2F)[C@H](CO)O1. The van der Waals surface area contributed by atoms with Crippen LogP contribution in [0.1, 0.15) is 29.6 Å². The van der Waals surface area contributed by atoms with Gasteiger partial charge in [-0.2, -0.15) is 0 Å². The number of morpholine rings is 1. The Bertz CT molecular complexity index is 714. The molecule has 30 heavy (non-hydrogen) atoms. The van der Waals surface area contributed by atoms with E-state index in [1.807, 2.05) is 0 Å². The maximum atomic E-state index is 13.8. The van der Waals surface area contributed by atoms with Gasteiger partial charge < -0.3 is 25.2 Å². The Kier molecular flexibility index (Phi) is 8.56. The van der Waals surface area contributed by atoms with Crippen molar-refractivity contribution in [3.05, 3.63) is 35.6 Å². The van der Waals surface area contributed by atoms with E-state index in [9.17, 15) is 19.1 Å². The molecule has 3 rings (SSSR count). The second-order valence-electron chi connectivity index (χ2n) is 7.64. The van der Waals surface area contributed by atoms with Crippen molar-refractivity contribution in [2.24, 2.45) is 0 Å². The first-order valence-corrected chi connectivity index (χ1v) is 10.5. The van der Waals surface area contributed by atoms with Gasteiger partial charge in [-0.3, -0.25) is 14.5 Å². The Labute approximate surface area is 175 Å². The summed E-state index contributed by atoms with van der Waals surface area (Å²) in [5.74, 6) is -1.13. The molecule has 2 amide bonds. The van der Waals surface area contributed by atoms with E-state index in [1.54, 1.807) is 6.07 Å². The smallest absolute Gasteiger partial charge is 0.254 e. The van der Waals surface area contributed by atoms with E-state index in [1.165, 1.54) is 18.2 Å². The number of nitrogens with zero attached hydrogens (tertiary/aromatic N) is 1. The van der Waals surface area contributed by atoms with Crippen LogP contribution in [0.25, 0.3) is 0 Å². The molecule has 8 nitrogen and oxygen atoms in total. The van der Waals surface area contributed by atoms with Gasteiger partial charge in [-0.05, 0) is 31.4 Å². The zero-order valence-electron chi connectivity index (χ0n) is 17.0. The zero-order chi connectivity index (χ0) is 21.3. The van der Waals surface area contributed by atoms with Gasteiger partial charge in [-0.25, -0.2) is 4.39 Å². The molecule has 0 radical (unpaired) electrons. The summed E-state index contributed by atoms with van der Waals surface area (Å²) in [6.07, 6.45) is 1.23. The van der Waals surface area contributed by atoms with E-state index < -0.39 is 23.9 Å². The van der Waals surface area contributed by atoms with E-state index in [2.05, 4.69) is 15.5 Å². The molecule has 3 atom stereocenters. The summed E-state index contributed by atoms with van der Waals surface area (Å²) < 4.78 is 25.0. The number of amides is 2. The number of halogens is 1. The molecule has 2 aliphatic rings. The second kappa shape index (κ2) is 11.4. The summed E-state index contributed by atoms with van der Waals surface area (Å²) in [5, 5.41) is 15.4. The molecular weight excluding hydrogens is 393 g/mol. The fourth-order valence-electron chi connectivity index (χ4n) is 3.79. The van der Waals surface area contributed by atoms with Crippen molar-refractivity contribution in [3.63, 3.8) is 0 Å². The molecule has 0 aliphatic carbocycles. The van der Waals surface area contributed by atoms with Crippen LogP contribution in [0.4, 0.5) is 4.39 Å². The Hall–Kier alpha value is -2.07. The third kappa shape index (κ3) is 6.46. The standard InChI is InChI=1S/C21H30FN3O5/c22-17-4-2-1-3-16(17)21(28)24-18-6-5-15(30-19(18)14-26)7-8-23-20(27)13-25-9-11-29-12-10-25/h1-4,15,18-19,26H,5-14H2,(H,23,27)(H,24,28)/t15-,18-,19-/m0/s1. The minimum absolute atomic E-state index is 0.0264. The third-order valence-corrected chi connectivity index (χ3v) is 5.49. The van der Waals surface area contributed by atoms with Crippen molar-refractivity contribution < 1.29 is 28.6 Å². The molecule has 3 N–H and O–H groups in total. The van der Waals surface area contributed by atoms with Gasteiger partial charge in [-0.15, -0.1) is 0 Å². The van der Waals surface area contributed by atoms with Crippen LogP contribution in [-0.4, -0.2) is 86.1 Å². The summed E-state index contributed by atoms with van der Waals surface area (Å²) >= 11 is 0. The van der Waals surface area contributed by atoms with Crippen molar-refractivity contribution >= 4 is 11.8 Å². The van der Waals surface area contributed by atoms with Crippen LogP contribution in [0.5, 0.6) is 0 Å². The number of aliphatic hydroxyl groups excluding tert-OH is 1. The number of carbonyl (C=O) groups excluding carboxylic acids is 2. The number of nitrogens with one attached hydrogen (secondary N) is 2. The zero-order valence-corrected chi connectivity index (χ0v) is 17.0. The second-order valence-corrected chi connectivity index (χ2v) is 7.64. The number of carbonyl (C=O) groups is 2. The Balaban J connectivity index is 1.40. The number of aliphatic hydroxyl groups is 1. The van der Waals surface area contributed by atoms with Crippen molar-refractivity contribution in [1.82, 2.24) is 15.5 Å². The molecule has 2 aliphatic heterocycles. The molecule has 0 bridgehead atoms. The molecule has 0 spiro atoms. The van der Waals surface area contributed by atoms with E-state index in [-0.39, 0.29) is 24.2 Å². The van der Waals surface area contributed by atoms with Gasteiger partial charge >= 0.3 is 0 Å². The Morgan fingerprint density at radius 3 is 2.70 bits per heavy atom. The molecule has 0 aromatic heterocycles. The fraction of sp³-hybridized carbons (Fsp3) is 0.619. The average molecular weight is 423 g/mol. The molecular formula is C21H30FN3O5. The van der Waals surface area contributed by atoms with Crippen LogP contribution in [0, 0.1) is 5.82 Å². The normalized spacial score (nSPS) is 24.9. The van der Waals surface area contributed by atoms with Gasteiger partial charge in [0.25, 0.3) is 5.91 Å². The average Bonchev–Trinajstić information content (AvgIpc) is 2.75. The summed E-state index contributed by atoms with van der Waals surface area (Å²) in [7, 11) is 0. The lowest BCUT2D eigenvalue weighted by Gasteiger charge is -2.36. The largest absolute Gasteiger partial charge is 0.394 e. The quantitative estimate of drug-likeness (QED) is 0.556. The first-order valence-electron chi connectivity index (χ1n) is 10.5. The van der Waals surface area contributed by atoms with E-state index in [0.29, 0.717) is 45.6 Å². The molecule has 2 saturated heterocycles. The van der Waals surface area contributed by atoms with Crippen molar-refractivity contribution in [2.75, 3.05) is 46.0 Å². The van der Waals surface area contributed by atoms with Crippen molar-refractivity contribution in [2.45, 2.75) is 37.5 Å². The topological polar surface area (TPSA) is 100 Å². The Morgan fingerprint density at radius 1 is 1.20 bits per heavy atom. The molecule has 2 heterocycles. The lowest BCUT2D eigenvalue weighted by atomic mass is 9.96. The summed E-state index contributed by atoms with van der Waals surface area (Å²) in [6, 6.07) is 5.39. The molecule has 1 aromatic carbocycles. The lowest BCUT2D eigenvalue weighted by molar-refractivity contribution is -0.123. The number of benzene rings is 1. The van der Waals surface area contributed by atoms with Gasteiger partial charge in [0.15, 0.2) is 0 Å². The van der Waals surface area contributed by atoms with Gasteiger partial charge in [0, 0.05) is 19.6 Å². The van der Waals surface area contributed by atoms with E-state index in [0.717, 1.165) is 13.1 Å². The minimum Gasteiger partial charge on any atom is -0.394 e. The lowest BCUT2D eigenvalue weighted by Crippen LogP contribution is -2.51. The van der Waals surface area contributed by atoms with Gasteiger partial charge in [-0.1, -0.05) is 12.1 Å². The van der Waals surface area contributed by atoms with Crippen LogP contribution in [0.3, 0.4) is 0 Å². The fourth-order valence-corrected chi connectivity index (χ4v) is 3.79. The summed E-state index contributed by atoms with van der Waals surface area (Å²) in [6.45, 7) is 3.42. The van der Waals surface area contributed by atoms with Crippen LogP contribution in [-0.2, 0) is 14.3 Å². The highest BCUT2D eigenvalue weighted by Crippen LogP contribution is 2.22. The number of rotatable bonds is 8. The summed E-state index contributed by atoms with van der Waals surface area (Å²) in [5.41, 5.74) is -0.0284. The minimum atomic E-state index is -0.585. The number of ether oxygens (including phenoxy) is 2. The molecule has 0 unspecified atom stereocenters. The molecule has 166 valence electrons. The number of hydrogen-bond acceptors (Lipinski definition) is 6. The van der Waals surface area contributed by atoms with Crippen molar-refractivity contribution in [3.8, 4) is 0 Å². The van der Waals surface area contributed by atoms with E-state index >= 15 is 0 Å². The maximum absolute atomic E-state index is 13.8. The highest BCUT2D eigenvalue weighted by Gasteiger charge is 2.32. The van der Waals surface area contributed by atoms with Crippen LogP contribution in [0.15, 0.2) is 24.3 Å². The molecule has 9 heteroatoms. The molecule has 0 saturated carbocycles. The number of hydrogen-bond donors (Lipinski definition) is 3. The Morgan fingerprint density at radius 2 is 1.97 bits per heavy atom. The predicted octanol–water partition coefficient (Wildman–Crippen LogP) is 0.303. The van der Waals surface area contributed by atoms with Gasteiger partial charge in [0.2, 0.25) is 5.91 Å². The summed E-state index contributed by atoms with van der Waals surface area (Å²) in [4.78, 5) is 26.5. The maximum Gasteiger partial charge on any atom is 0.254 e. The first-order chi connectivity index (χ1) is 14.6.